The second-order valence-corrected chi connectivity index (χ2v) is 5.00. The predicted molar refractivity (Wildman–Crippen MR) is 61.8 cm³/mol. The van der Waals surface area contributed by atoms with Gasteiger partial charge in [-0.25, -0.2) is 0 Å². The zero-order valence-electron chi connectivity index (χ0n) is 9.84. The molecule has 3 nitrogen and oxygen atoms in total. The van der Waals surface area contributed by atoms with Crippen LogP contribution in [0, 0.1) is 5.92 Å². The quantitative estimate of drug-likeness (QED) is 0.585. The molecule has 15 heavy (non-hydrogen) atoms. The number of hydrogen-bond acceptors (Lipinski definition) is 3. The summed E-state index contributed by atoms with van der Waals surface area (Å²) in [4.78, 5) is 0. The molecule has 0 radical (unpaired) electrons. The molecular formula is C12H25NO2. The van der Waals surface area contributed by atoms with E-state index in [9.17, 15) is 5.11 Å². The molecule has 0 aromatic heterocycles. The lowest BCUT2D eigenvalue weighted by Crippen LogP contribution is -2.51. The van der Waals surface area contributed by atoms with E-state index in [2.05, 4.69) is 12.2 Å². The van der Waals surface area contributed by atoms with Crippen molar-refractivity contribution in [1.29, 1.82) is 0 Å². The number of rotatable bonds is 6. The molecular weight excluding hydrogens is 190 g/mol. The Morgan fingerprint density at radius 3 is 2.73 bits per heavy atom. The first kappa shape index (κ1) is 12.9. The maximum absolute atomic E-state index is 9.50. The van der Waals surface area contributed by atoms with Crippen LogP contribution in [-0.4, -0.2) is 35.5 Å². The van der Waals surface area contributed by atoms with Crippen molar-refractivity contribution in [1.82, 2.24) is 5.32 Å². The maximum Gasteiger partial charge on any atom is 0.0613 e. The van der Waals surface area contributed by atoms with Crippen LogP contribution in [0.2, 0.25) is 0 Å². The molecule has 0 aromatic carbocycles. The summed E-state index contributed by atoms with van der Waals surface area (Å²) < 4.78 is 0. The van der Waals surface area contributed by atoms with Gasteiger partial charge in [0.15, 0.2) is 0 Å². The molecule has 1 aliphatic rings. The number of aliphatic hydroxyl groups is 2. The standard InChI is InChI=1S/C12H25NO2/c1-11-5-4-6-12(9-11,10-15)13-7-2-3-8-14/h11,13-15H,2-10H2,1H3. The normalized spacial score (nSPS) is 31.8. The second-order valence-electron chi connectivity index (χ2n) is 5.00. The number of hydrogen-bond donors (Lipinski definition) is 3. The molecule has 0 aromatic rings. The summed E-state index contributed by atoms with van der Waals surface area (Å²) in [5.74, 6) is 0.719. The lowest BCUT2D eigenvalue weighted by atomic mass is 9.77. The molecule has 0 saturated heterocycles. The van der Waals surface area contributed by atoms with Gasteiger partial charge in [-0.3, -0.25) is 0 Å². The van der Waals surface area contributed by atoms with E-state index in [1.165, 1.54) is 12.8 Å². The number of aliphatic hydroxyl groups excluding tert-OH is 2. The molecule has 3 heteroatoms. The molecule has 1 aliphatic carbocycles. The first-order valence-corrected chi connectivity index (χ1v) is 6.19. The third kappa shape index (κ3) is 4.09. The van der Waals surface area contributed by atoms with E-state index in [1.54, 1.807) is 0 Å². The van der Waals surface area contributed by atoms with Crippen LogP contribution in [0.15, 0.2) is 0 Å². The minimum Gasteiger partial charge on any atom is -0.396 e. The SMILES string of the molecule is CC1CCCC(CO)(NCCCCO)C1. The van der Waals surface area contributed by atoms with Crippen LogP contribution in [-0.2, 0) is 0 Å². The van der Waals surface area contributed by atoms with Crippen molar-refractivity contribution in [2.75, 3.05) is 19.8 Å². The Bertz CT molecular complexity index is 175. The van der Waals surface area contributed by atoms with Crippen molar-refractivity contribution >= 4 is 0 Å². The monoisotopic (exact) mass is 215 g/mol. The molecule has 0 amide bonds. The lowest BCUT2D eigenvalue weighted by molar-refractivity contribution is 0.0991. The van der Waals surface area contributed by atoms with Crippen LogP contribution in [0.25, 0.3) is 0 Å². The van der Waals surface area contributed by atoms with Crippen molar-refractivity contribution in [2.45, 2.75) is 51.0 Å². The molecule has 0 aliphatic heterocycles. The number of unbranched alkanes of at least 4 members (excludes halogenated alkanes) is 1. The average molecular weight is 215 g/mol. The maximum atomic E-state index is 9.50. The van der Waals surface area contributed by atoms with Crippen LogP contribution in [0.5, 0.6) is 0 Å². The summed E-state index contributed by atoms with van der Waals surface area (Å²) >= 11 is 0. The van der Waals surface area contributed by atoms with Gasteiger partial charge in [0.25, 0.3) is 0 Å². The van der Waals surface area contributed by atoms with Gasteiger partial charge in [-0.15, -0.1) is 0 Å². The predicted octanol–water partition coefficient (Wildman–Crippen LogP) is 1.29. The molecule has 90 valence electrons. The van der Waals surface area contributed by atoms with Crippen LogP contribution in [0.3, 0.4) is 0 Å². The Morgan fingerprint density at radius 2 is 2.13 bits per heavy atom. The summed E-state index contributed by atoms with van der Waals surface area (Å²) in [6.45, 7) is 3.69. The highest BCUT2D eigenvalue weighted by Gasteiger charge is 2.33. The van der Waals surface area contributed by atoms with Gasteiger partial charge >= 0.3 is 0 Å². The van der Waals surface area contributed by atoms with E-state index in [0.29, 0.717) is 0 Å². The van der Waals surface area contributed by atoms with E-state index in [1.807, 2.05) is 0 Å². The van der Waals surface area contributed by atoms with Gasteiger partial charge in [0.05, 0.1) is 6.61 Å². The van der Waals surface area contributed by atoms with E-state index in [0.717, 1.165) is 38.1 Å². The molecule has 1 rings (SSSR count). The van der Waals surface area contributed by atoms with Crippen LogP contribution in [0.4, 0.5) is 0 Å². The molecule has 2 unspecified atom stereocenters. The highest BCUT2D eigenvalue weighted by atomic mass is 16.3. The second kappa shape index (κ2) is 6.46. The Hall–Kier alpha value is -0.120. The first-order valence-electron chi connectivity index (χ1n) is 6.19. The smallest absolute Gasteiger partial charge is 0.0613 e. The largest absolute Gasteiger partial charge is 0.396 e. The van der Waals surface area contributed by atoms with E-state index in [4.69, 9.17) is 5.11 Å². The minimum absolute atomic E-state index is 0.0346. The van der Waals surface area contributed by atoms with Crippen LogP contribution in [0.1, 0.15) is 45.4 Å². The van der Waals surface area contributed by atoms with Crippen molar-refractivity contribution < 1.29 is 10.2 Å². The zero-order chi connectivity index (χ0) is 11.1. The molecule has 3 N–H and O–H groups in total. The van der Waals surface area contributed by atoms with Gasteiger partial charge < -0.3 is 15.5 Å². The summed E-state index contributed by atoms with van der Waals surface area (Å²) in [5.41, 5.74) is -0.0346. The topological polar surface area (TPSA) is 52.5 Å². The molecule has 1 fully saturated rings. The highest BCUT2D eigenvalue weighted by molar-refractivity contribution is 4.92. The van der Waals surface area contributed by atoms with Gasteiger partial charge in [0.2, 0.25) is 0 Å². The fourth-order valence-electron chi connectivity index (χ4n) is 2.61. The Labute approximate surface area is 92.9 Å². The van der Waals surface area contributed by atoms with Gasteiger partial charge in [0, 0.05) is 12.1 Å². The lowest BCUT2D eigenvalue weighted by Gasteiger charge is -2.39. The zero-order valence-corrected chi connectivity index (χ0v) is 9.84. The third-order valence-electron chi connectivity index (χ3n) is 3.48. The molecule has 0 bridgehead atoms. The molecule has 1 saturated carbocycles. The Morgan fingerprint density at radius 1 is 1.33 bits per heavy atom. The van der Waals surface area contributed by atoms with Crippen molar-refractivity contribution in [2.24, 2.45) is 5.92 Å². The fourth-order valence-corrected chi connectivity index (χ4v) is 2.61. The van der Waals surface area contributed by atoms with Gasteiger partial charge in [-0.2, -0.15) is 0 Å². The van der Waals surface area contributed by atoms with Crippen LogP contribution >= 0.6 is 0 Å². The van der Waals surface area contributed by atoms with Crippen molar-refractivity contribution in [3.63, 3.8) is 0 Å². The van der Waals surface area contributed by atoms with E-state index < -0.39 is 0 Å². The minimum atomic E-state index is -0.0346. The van der Waals surface area contributed by atoms with Crippen LogP contribution < -0.4 is 5.32 Å². The summed E-state index contributed by atoms with van der Waals surface area (Å²) in [6.07, 6.45) is 6.53. The van der Waals surface area contributed by atoms with Crippen molar-refractivity contribution in [3.8, 4) is 0 Å². The Balaban J connectivity index is 2.31. The van der Waals surface area contributed by atoms with Gasteiger partial charge in [-0.1, -0.05) is 19.8 Å². The highest BCUT2D eigenvalue weighted by Crippen LogP contribution is 2.31. The van der Waals surface area contributed by atoms with E-state index >= 15 is 0 Å². The van der Waals surface area contributed by atoms with Crippen molar-refractivity contribution in [3.05, 3.63) is 0 Å². The molecule has 2 atom stereocenters. The average Bonchev–Trinajstić information content (AvgIpc) is 2.25. The molecule has 0 spiro atoms. The first-order chi connectivity index (χ1) is 7.22. The van der Waals surface area contributed by atoms with E-state index in [-0.39, 0.29) is 18.8 Å². The number of nitrogens with one attached hydrogen (secondary N) is 1. The summed E-state index contributed by atoms with van der Waals surface area (Å²) in [6, 6.07) is 0. The van der Waals surface area contributed by atoms with Gasteiger partial charge in [0.1, 0.15) is 0 Å². The third-order valence-corrected chi connectivity index (χ3v) is 3.48. The molecule has 0 heterocycles. The Kier molecular flexibility index (Phi) is 5.58. The summed E-state index contributed by atoms with van der Waals surface area (Å²) in [5, 5.41) is 21.7. The summed E-state index contributed by atoms with van der Waals surface area (Å²) in [7, 11) is 0. The van der Waals surface area contributed by atoms with Gasteiger partial charge in [-0.05, 0) is 38.1 Å². The fraction of sp³-hybridized carbons (Fsp3) is 1.00.